The molecule has 1 heterocycles. The molecular weight excluding hydrogens is 186 g/mol. The first-order valence-corrected chi connectivity index (χ1v) is 5.56. The average molecular weight is 201 g/mol. The van der Waals surface area contributed by atoms with Gasteiger partial charge in [0.15, 0.2) is 0 Å². The molecule has 0 aromatic rings. The average Bonchev–Trinajstić information content (AvgIpc) is 2.31. The SMILES string of the molecule is CCSC1(CC)C(=O)NC(=O)C1C. The van der Waals surface area contributed by atoms with Crippen LogP contribution >= 0.6 is 11.8 Å². The minimum atomic E-state index is -0.508. The van der Waals surface area contributed by atoms with Crippen molar-refractivity contribution in [3.8, 4) is 0 Å². The molecule has 3 nitrogen and oxygen atoms in total. The van der Waals surface area contributed by atoms with Gasteiger partial charge in [-0.15, -0.1) is 11.8 Å². The maximum absolute atomic E-state index is 11.6. The Kier molecular flexibility index (Phi) is 3.01. The van der Waals surface area contributed by atoms with E-state index in [0.29, 0.717) is 6.42 Å². The molecule has 74 valence electrons. The predicted molar refractivity (Wildman–Crippen MR) is 53.5 cm³/mol. The second kappa shape index (κ2) is 3.70. The third-order valence-corrected chi connectivity index (χ3v) is 4.27. The first-order chi connectivity index (χ1) is 6.08. The van der Waals surface area contributed by atoms with Gasteiger partial charge >= 0.3 is 0 Å². The maximum Gasteiger partial charge on any atom is 0.243 e. The van der Waals surface area contributed by atoms with Crippen molar-refractivity contribution in [1.82, 2.24) is 5.32 Å². The van der Waals surface area contributed by atoms with Gasteiger partial charge in [-0.1, -0.05) is 20.8 Å². The normalized spacial score (nSPS) is 33.6. The fourth-order valence-electron chi connectivity index (χ4n) is 1.75. The largest absolute Gasteiger partial charge is 0.295 e. The van der Waals surface area contributed by atoms with Gasteiger partial charge in [0.1, 0.15) is 4.75 Å². The lowest BCUT2D eigenvalue weighted by Gasteiger charge is -2.26. The first-order valence-electron chi connectivity index (χ1n) is 4.57. The summed E-state index contributed by atoms with van der Waals surface area (Å²) in [6.45, 7) is 5.79. The van der Waals surface area contributed by atoms with Gasteiger partial charge in [0.2, 0.25) is 11.8 Å². The maximum atomic E-state index is 11.6. The number of amides is 2. The van der Waals surface area contributed by atoms with Gasteiger partial charge in [-0.25, -0.2) is 0 Å². The van der Waals surface area contributed by atoms with E-state index in [9.17, 15) is 9.59 Å². The number of thioether (sulfide) groups is 1. The highest BCUT2D eigenvalue weighted by atomic mass is 32.2. The van der Waals surface area contributed by atoms with Crippen molar-refractivity contribution in [2.45, 2.75) is 31.9 Å². The molecule has 0 saturated carbocycles. The van der Waals surface area contributed by atoms with Crippen molar-refractivity contribution in [3.63, 3.8) is 0 Å². The predicted octanol–water partition coefficient (Wildman–Crippen LogP) is 1.18. The molecule has 0 aromatic heterocycles. The summed E-state index contributed by atoms with van der Waals surface area (Å²) < 4.78 is -0.508. The molecule has 1 N–H and O–H groups in total. The van der Waals surface area contributed by atoms with Crippen LogP contribution in [-0.4, -0.2) is 22.3 Å². The Hall–Kier alpha value is -0.510. The van der Waals surface area contributed by atoms with Crippen LogP contribution in [0.15, 0.2) is 0 Å². The summed E-state index contributed by atoms with van der Waals surface area (Å²) in [5.74, 6) is 0.418. The Morgan fingerprint density at radius 1 is 1.46 bits per heavy atom. The van der Waals surface area contributed by atoms with Crippen LogP contribution < -0.4 is 5.32 Å². The summed E-state index contributed by atoms with van der Waals surface area (Å²) in [5.41, 5.74) is 0. The van der Waals surface area contributed by atoms with E-state index < -0.39 is 4.75 Å². The summed E-state index contributed by atoms with van der Waals surface area (Å²) in [5, 5.41) is 2.39. The number of hydrogen-bond donors (Lipinski definition) is 1. The number of carbonyl (C=O) groups is 2. The highest BCUT2D eigenvalue weighted by molar-refractivity contribution is 8.01. The molecule has 0 aliphatic carbocycles. The molecule has 13 heavy (non-hydrogen) atoms. The van der Waals surface area contributed by atoms with Crippen molar-refractivity contribution in [2.75, 3.05) is 5.75 Å². The van der Waals surface area contributed by atoms with E-state index >= 15 is 0 Å². The van der Waals surface area contributed by atoms with E-state index in [1.807, 2.05) is 20.8 Å². The Morgan fingerprint density at radius 2 is 2.08 bits per heavy atom. The molecule has 0 aromatic carbocycles. The van der Waals surface area contributed by atoms with Crippen LogP contribution in [0.4, 0.5) is 0 Å². The lowest BCUT2D eigenvalue weighted by molar-refractivity contribution is -0.125. The van der Waals surface area contributed by atoms with Crippen molar-refractivity contribution in [1.29, 1.82) is 0 Å². The van der Waals surface area contributed by atoms with E-state index in [1.165, 1.54) is 0 Å². The summed E-state index contributed by atoms with van der Waals surface area (Å²) in [4.78, 5) is 22.9. The van der Waals surface area contributed by atoms with E-state index in [2.05, 4.69) is 5.32 Å². The monoisotopic (exact) mass is 201 g/mol. The lowest BCUT2D eigenvalue weighted by Crippen LogP contribution is -2.37. The van der Waals surface area contributed by atoms with Crippen LogP contribution in [0.3, 0.4) is 0 Å². The first kappa shape index (κ1) is 10.6. The highest BCUT2D eigenvalue weighted by Crippen LogP contribution is 2.40. The van der Waals surface area contributed by atoms with E-state index in [1.54, 1.807) is 11.8 Å². The van der Waals surface area contributed by atoms with E-state index in [4.69, 9.17) is 0 Å². The van der Waals surface area contributed by atoms with Crippen molar-refractivity contribution in [2.24, 2.45) is 5.92 Å². The lowest BCUT2D eigenvalue weighted by atomic mass is 9.93. The van der Waals surface area contributed by atoms with Crippen LogP contribution in [-0.2, 0) is 9.59 Å². The van der Waals surface area contributed by atoms with E-state index in [0.717, 1.165) is 5.75 Å². The topological polar surface area (TPSA) is 46.2 Å². The molecule has 0 spiro atoms. The molecule has 1 fully saturated rings. The van der Waals surface area contributed by atoms with Crippen LogP contribution in [0.5, 0.6) is 0 Å². The minimum Gasteiger partial charge on any atom is -0.295 e. The summed E-state index contributed by atoms with van der Waals surface area (Å²) in [6.07, 6.45) is 0.713. The Labute approximate surface area is 82.6 Å². The second-order valence-electron chi connectivity index (χ2n) is 3.22. The third-order valence-electron chi connectivity index (χ3n) is 2.64. The molecule has 4 heteroatoms. The van der Waals surface area contributed by atoms with Gasteiger partial charge in [0.25, 0.3) is 0 Å². The minimum absolute atomic E-state index is 0.112. The van der Waals surface area contributed by atoms with Gasteiger partial charge in [-0.05, 0) is 12.2 Å². The molecule has 2 amide bonds. The molecular formula is C9H15NO2S. The summed E-state index contributed by atoms with van der Waals surface area (Å²) in [6, 6.07) is 0. The summed E-state index contributed by atoms with van der Waals surface area (Å²) in [7, 11) is 0. The zero-order valence-electron chi connectivity index (χ0n) is 8.22. The fourth-order valence-corrected chi connectivity index (χ4v) is 3.01. The number of carbonyl (C=O) groups excluding carboxylic acids is 2. The number of nitrogens with one attached hydrogen (secondary N) is 1. The zero-order valence-corrected chi connectivity index (χ0v) is 9.03. The Morgan fingerprint density at radius 3 is 2.38 bits per heavy atom. The third kappa shape index (κ3) is 1.47. The number of hydrogen-bond acceptors (Lipinski definition) is 3. The van der Waals surface area contributed by atoms with Crippen LogP contribution in [0.25, 0.3) is 0 Å². The Bertz CT molecular complexity index is 242. The van der Waals surface area contributed by atoms with Crippen LogP contribution in [0.1, 0.15) is 27.2 Å². The quantitative estimate of drug-likeness (QED) is 0.697. The highest BCUT2D eigenvalue weighted by Gasteiger charge is 2.51. The Balaban J connectivity index is 2.95. The van der Waals surface area contributed by atoms with Gasteiger partial charge in [0, 0.05) is 0 Å². The van der Waals surface area contributed by atoms with Crippen LogP contribution in [0.2, 0.25) is 0 Å². The molecule has 1 saturated heterocycles. The molecule has 0 bridgehead atoms. The van der Waals surface area contributed by atoms with Crippen molar-refractivity contribution >= 4 is 23.6 Å². The van der Waals surface area contributed by atoms with Crippen molar-refractivity contribution in [3.05, 3.63) is 0 Å². The van der Waals surface area contributed by atoms with Gasteiger partial charge in [-0.3, -0.25) is 14.9 Å². The standard InChI is InChI=1S/C9H15NO2S/c1-4-9(13-5-2)6(3)7(11)10-8(9)12/h6H,4-5H2,1-3H3,(H,10,11,12). The smallest absolute Gasteiger partial charge is 0.243 e. The van der Waals surface area contributed by atoms with Crippen molar-refractivity contribution < 1.29 is 9.59 Å². The second-order valence-corrected chi connectivity index (χ2v) is 4.81. The zero-order chi connectivity index (χ0) is 10.1. The molecule has 0 radical (unpaired) electrons. The molecule has 1 aliphatic rings. The fraction of sp³-hybridized carbons (Fsp3) is 0.778. The van der Waals surface area contributed by atoms with Crippen LogP contribution in [0, 0.1) is 5.92 Å². The number of rotatable bonds is 3. The van der Waals surface area contributed by atoms with Gasteiger partial charge < -0.3 is 0 Å². The van der Waals surface area contributed by atoms with Gasteiger partial charge in [-0.2, -0.15) is 0 Å². The van der Waals surface area contributed by atoms with Gasteiger partial charge in [0.05, 0.1) is 5.92 Å². The molecule has 1 rings (SSSR count). The summed E-state index contributed by atoms with van der Waals surface area (Å²) >= 11 is 1.57. The molecule has 2 atom stereocenters. The van der Waals surface area contributed by atoms with E-state index in [-0.39, 0.29) is 17.7 Å². The molecule has 1 aliphatic heterocycles. The molecule has 2 unspecified atom stereocenters. The number of imide groups is 1.